The zero-order valence-electron chi connectivity index (χ0n) is 24.1. The molecule has 4 aromatic rings. The number of likely N-dealkylation sites (N-methyl/N-ethyl adjacent to an activating group) is 1. The first kappa shape index (κ1) is 30.7. The molecule has 1 aliphatic carbocycles. The third kappa shape index (κ3) is 5.41. The second kappa shape index (κ2) is 11.7. The number of halogens is 2. The molecular weight excluding hydrogens is 593 g/mol. The van der Waals surface area contributed by atoms with Crippen molar-refractivity contribution in [1.82, 2.24) is 14.9 Å². The van der Waals surface area contributed by atoms with Crippen LogP contribution in [-0.2, 0) is 20.2 Å². The van der Waals surface area contributed by atoms with E-state index >= 15 is 0 Å². The Hall–Kier alpha value is -3.80. The monoisotopic (exact) mass is 625 g/mol. The second-order valence-electron chi connectivity index (χ2n) is 11.2. The summed E-state index contributed by atoms with van der Waals surface area (Å²) in [6.07, 6.45) is 6.69. The van der Waals surface area contributed by atoms with Gasteiger partial charge in [0.05, 0.1) is 29.4 Å². The summed E-state index contributed by atoms with van der Waals surface area (Å²) in [6.45, 7) is 1.10. The van der Waals surface area contributed by atoms with Gasteiger partial charge in [-0.3, -0.25) is 14.5 Å². The van der Waals surface area contributed by atoms with Gasteiger partial charge in [0, 0.05) is 36.3 Å². The molecular formula is C31H33ClFN5O4S. The number of carbonyl (C=O) groups excluding carboxylic acids is 1. The van der Waals surface area contributed by atoms with Crippen molar-refractivity contribution >= 4 is 50.6 Å². The van der Waals surface area contributed by atoms with E-state index in [-0.39, 0.29) is 29.9 Å². The third-order valence-electron chi connectivity index (χ3n) is 8.15. The molecule has 6 rings (SSSR count). The van der Waals surface area contributed by atoms with Crippen molar-refractivity contribution in [3.05, 3.63) is 72.3 Å². The van der Waals surface area contributed by atoms with Crippen LogP contribution in [0, 0.1) is 5.82 Å². The number of fused-ring (bicyclic) bond motifs is 4. The minimum atomic E-state index is -4.28. The van der Waals surface area contributed by atoms with Crippen molar-refractivity contribution < 1.29 is 22.3 Å². The van der Waals surface area contributed by atoms with Gasteiger partial charge in [0.15, 0.2) is 0 Å². The molecule has 12 heteroatoms. The summed E-state index contributed by atoms with van der Waals surface area (Å²) in [7, 11) is 1.42. The Morgan fingerprint density at radius 2 is 1.84 bits per heavy atom. The van der Waals surface area contributed by atoms with E-state index in [0.717, 1.165) is 59.6 Å². The summed E-state index contributed by atoms with van der Waals surface area (Å²) in [5.41, 5.74) is 3.58. The minimum absolute atomic E-state index is 0. The van der Waals surface area contributed by atoms with Crippen molar-refractivity contribution in [3.8, 4) is 17.0 Å². The lowest BCUT2D eigenvalue weighted by Crippen LogP contribution is -2.43. The highest BCUT2D eigenvalue weighted by molar-refractivity contribution is 7.92. The van der Waals surface area contributed by atoms with Gasteiger partial charge in [0.25, 0.3) is 10.0 Å². The number of sulfonamides is 1. The van der Waals surface area contributed by atoms with Gasteiger partial charge in [-0.05, 0) is 69.3 Å². The zero-order chi connectivity index (χ0) is 29.6. The van der Waals surface area contributed by atoms with Crippen LogP contribution >= 0.6 is 12.4 Å². The molecule has 1 aliphatic heterocycles. The van der Waals surface area contributed by atoms with Gasteiger partial charge >= 0.3 is 0 Å². The van der Waals surface area contributed by atoms with Gasteiger partial charge in [-0.15, -0.1) is 12.4 Å². The number of rotatable bonds is 9. The number of hydrogen-bond donors (Lipinski definition) is 1. The lowest BCUT2D eigenvalue weighted by atomic mass is 9.64. The highest BCUT2D eigenvalue weighted by atomic mass is 35.5. The van der Waals surface area contributed by atoms with Crippen LogP contribution in [0.25, 0.3) is 22.0 Å². The van der Waals surface area contributed by atoms with Gasteiger partial charge in [0.2, 0.25) is 11.8 Å². The van der Waals surface area contributed by atoms with Gasteiger partial charge in [-0.2, -0.15) is 0 Å². The molecule has 226 valence electrons. The molecule has 0 radical (unpaired) electrons. The number of carbonyl (C=O) groups is 1. The van der Waals surface area contributed by atoms with E-state index in [1.54, 1.807) is 30.4 Å². The first-order valence-electron chi connectivity index (χ1n) is 13.9. The molecule has 9 nitrogen and oxygen atoms in total. The minimum Gasteiger partial charge on any atom is -0.476 e. The molecule has 0 unspecified atom stereocenters. The summed E-state index contributed by atoms with van der Waals surface area (Å²) in [5.74, 6) is -0.657. The van der Waals surface area contributed by atoms with E-state index in [0.29, 0.717) is 18.6 Å². The average Bonchev–Trinajstić information content (AvgIpc) is 3.18. The quantitative estimate of drug-likeness (QED) is 0.249. The largest absolute Gasteiger partial charge is 0.476 e. The molecule has 2 aromatic carbocycles. The van der Waals surface area contributed by atoms with E-state index in [2.05, 4.69) is 14.7 Å². The van der Waals surface area contributed by atoms with Crippen LogP contribution < -0.4 is 14.4 Å². The fourth-order valence-corrected chi connectivity index (χ4v) is 6.99. The Morgan fingerprint density at radius 1 is 1.07 bits per heavy atom. The molecule has 2 aromatic heterocycles. The molecule has 1 saturated carbocycles. The molecule has 1 N–H and O–H groups in total. The maximum Gasteiger partial charge on any atom is 0.264 e. The lowest BCUT2D eigenvalue weighted by molar-refractivity contribution is -0.125. The van der Waals surface area contributed by atoms with Gasteiger partial charge in [-0.25, -0.2) is 17.8 Å². The molecule has 43 heavy (non-hydrogen) atoms. The first-order valence-corrected chi connectivity index (χ1v) is 15.4. The molecule has 0 atom stereocenters. The fourth-order valence-electron chi connectivity index (χ4n) is 5.86. The Bertz CT molecular complexity index is 1810. The Kier molecular flexibility index (Phi) is 8.34. The molecule has 3 heterocycles. The van der Waals surface area contributed by atoms with E-state index < -0.39 is 26.2 Å². The molecule has 0 saturated heterocycles. The zero-order valence-corrected chi connectivity index (χ0v) is 25.8. The SMILES string of the molecule is CN(C)CCCOc1ncc(-c2ccc3ncc4c(c3c2)C2(CCC2)C(=O)N4C)cc1NS(=O)(=O)c1ccccc1F.Cl. The van der Waals surface area contributed by atoms with Gasteiger partial charge < -0.3 is 14.5 Å². The van der Waals surface area contributed by atoms with E-state index in [1.807, 2.05) is 37.2 Å². The van der Waals surface area contributed by atoms with Crippen LogP contribution in [0.1, 0.15) is 31.2 Å². The van der Waals surface area contributed by atoms with Crippen molar-refractivity contribution in [2.45, 2.75) is 36.0 Å². The van der Waals surface area contributed by atoms with Crippen molar-refractivity contribution in [1.29, 1.82) is 0 Å². The van der Waals surface area contributed by atoms with Crippen LogP contribution in [0.5, 0.6) is 5.88 Å². The number of pyridine rings is 2. The Labute approximate surface area is 256 Å². The predicted molar refractivity (Wildman–Crippen MR) is 167 cm³/mol. The number of benzene rings is 2. The predicted octanol–water partition coefficient (Wildman–Crippen LogP) is 5.39. The van der Waals surface area contributed by atoms with Crippen LogP contribution in [0.4, 0.5) is 15.8 Å². The number of nitrogens with zero attached hydrogens (tertiary/aromatic N) is 4. The average molecular weight is 626 g/mol. The smallest absolute Gasteiger partial charge is 0.264 e. The second-order valence-corrected chi connectivity index (χ2v) is 12.8. The molecule has 1 spiro atoms. The van der Waals surface area contributed by atoms with Crippen LogP contribution in [0.15, 0.2) is 65.8 Å². The van der Waals surface area contributed by atoms with Gasteiger partial charge in [-0.1, -0.05) is 24.6 Å². The molecule has 1 fully saturated rings. The summed E-state index contributed by atoms with van der Waals surface area (Å²) in [4.78, 5) is 25.6. The van der Waals surface area contributed by atoms with Crippen molar-refractivity contribution in [2.24, 2.45) is 0 Å². The number of ether oxygens (including phenoxy) is 1. The van der Waals surface area contributed by atoms with E-state index in [1.165, 1.54) is 18.2 Å². The highest BCUT2D eigenvalue weighted by Crippen LogP contribution is 2.55. The van der Waals surface area contributed by atoms with Crippen molar-refractivity contribution in [2.75, 3.05) is 43.9 Å². The van der Waals surface area contributed by atoms with Crippen LogP contribution in [0.3, 0.4) is 0 Å². The Balaban J connectivity index is 0.00000368. The third-order valence-corrected chi connectivity index (χ3v) is 9.55. The maximum atomic E-state index is 14.5. The molecule has 1 amide bonds. The molecule has 2 aliphatic rings. The summed E-state index contributed by atoms with van der Waals surface area (Å²) in [5, 5.41) is 0.889. The summed E-state index contributed by atoms with van der Waals surface area (Å²) < 4.78 is 49.3. The number of hydrogen-bond acceptors (Lipinski definition) is 7. The number of amides is 1. The normalized spacial score (nSPS) is 15.4. The fraction of sp³-hybridized carbons (Fsp3) is 0.323. The van der Waals surface area contributed by atoms with Crippen LogP contribution in [-0.4, -0.2) is 63.5 Å². The summed E-state index contributed by atoms with van der Waals surface area (Å²) >= 11 is 0. The van der Waals surface area contributed by atoms with Crippen LogP contribution in [0.2, 0.25) is 0 Å². The molecule has 0 bridgehead atoms. The van der Waals surface area contributed by atoms with Crippen molar-refractivity contribution in [3.63, 3.8) is 0 Å². The summed E-state index contributed by atoms with van der Waals surface area (Å²) in [6, 6.07) is 12.6. The number of anilines is 2. The van der Waals surface area contributed by atoms with E-state index in [4.69, 9.17) is 4.74 Å². The standard InChI is InChI=1S/C31H32FN5O4S.ClH/c1-36(2)14-7-15-41-29-25(35-42(39,40)27-9-5-4-8-23(27)32)17-21(18-34-29)20-10-11-24-22(16-20)28-26(19-33-24)37(3)30(38)31(28)12-6-13-31;/h4-5,8-11,16-19,35H,6-7,12-15H2,1-3H3;1H. The number of aromatic nitrogens is 2. The highest BCUT2D eigenvalue weighted by Gasteiger charge is 2.54. The van der Waals surface area contributed by atoms with Gasteiger partial charge in [0.1, 0.15) is 16.4 Å². The Morgan fingerprint density at radius 3 is 2.53 bits per heavy atom. The number of nitrogens with one attached hydrogen (secondary N) is 1. The maximum absolute atomic E-state index is 14.5. The first-order chi connectivity index (χ1) is 20.1. The lowest BCUT2D eigenvalue weighted by Gasteiger charge is -2.37. The topological polar surface area (TPSA) is 105 Å². The van der Waals surface area contributed by atoms with E-state index in [9.17, 15) is 17.6 Å².